The third-order valence-electron chi connectivity index (χ3n) is 3.27. The Morgan fingerprint density at radius 3 is 2.55 bits per heavy atom. The van der Waals surface area contributed by atoms with Gasteiger partial charge < -0.3 is 0 Å². The van der Waals surface area contributed by atoms with E-state index in [0.717, 1.165) is 21.9 Å². The van der Waals surface area contributed by atoms with Crippen molar-refractivity contribution in [3.8, 4) is 5.69 Å². The van der Waals surface area contributed by atoms with Crippen LogP contribution in [-0.4, -0.2) is 31.3 Å². The van der Waals surface area contributed by atoms with E-state index in [1.54, 1.807) is 16.4 Å². The van der Waals surface area contributed by atoms with Crippen LogP contribution in [0.2, 0.25) is 0 Å². The summed E-state index contributed by atoms with van der Waals surface area (Å²) in [6, 6.07) is 9.98. The Kier molecular flexibility index (Phi) is 5.21. The van der Waals surface area contributed by atoms with Gasteiger partial charge in [-0.25, -0.2) is 0 Å². The molecule has 2 aromatic rings. The number of thioether (sulfide) groups is 1. The van der Waals surface area contributed by atoms with E-state index in [4.69, 9.17) is 0 Å². The summed E-state index contributed by atoms with van der Waals surface area (Å²) in [7, 11) is 0. The van der Waals surface area contributed by atoms with Crippen LogP contribution in [0.4, 0.5) is 0 Å². The number of hydrogen-bond donors (Lipinski definition) is 0. The topological polar surface area (TPSA) is 43.6 Å². The fraction of sp³-hybridized carbons (Fsp3) is 0.500. The number of halogens is 1. The minimum absolute atomic E-state index is 0.265. The van der Waals surface area contributed by atoms with Gasteiger partial charge in [0.15, 0.2) is 0 Å². The van der Waals surface area contributed by atoms with Gasteiger partial charge in [0.25, 0.3) is 0 Å². The van der Waals surface area contributed by atoms with Gasteiger partial charge in [0, 0.05) is 11.1 Å². The third kappa shape index (κ3) is 3.82. The minimum atomic E-state index is 0.265. The highest BCUT2D eigenvalue weighted by Gasteiger charge is 2.24. The lowest BCUT2D eigenvalue weighted by atomic mass is 9.83. The Balaban J connectivity index is 2.10. The summed E-state index contributed by atoms with van der Waals surface area (Å²) in [5.74, 6) is 1.55. The summed E-state index contributed by atoms with van der Waals surface area (Å²) < 4.78 is 1.79. The zero-order valence-corrected chi connectivity index (χ0v) is 14.4. The van der Waals surface area contributed by atoms with E-state index in [-0.39, 0.29) is 5.41 Å². The average Bonchev–Trinajstić information content (AvgIpc) is 2.87. The van der Waals surface area contributed by atoms with Crippen molar-refractivity contribution in [3.63, 3.8) is 0 Å². The van der Waals surface area contributed by atoms with Crippen molar-refractivity contribution < 1.29 is 0 Å². The number of tetrazole rings is 1. The standard InChI is InChI=1S/C14H19BrN4S/c1-14(2,3)11(9-15)10-20-13-16-17-18-19(13)12-7-5-4-6-8-12/h4-8,11H,9-10H2,1-3H3. The summed E-state index contributed by atoms with van der Waals surface area (Å²) >= 11 is 5.31. The molecule has 6 heteroatoms. The molecule has 1 heterocycles. The lowest BCUT2D eigenvalue weighted by molar-refractivity contribution is 0.295. The normalized spacial score (nSPS) is 13.4. The van der Waals surface area contributed by atoms with E-state index in [9.17, 15) is 0 Å². The van der Waals surface area contributed by atoms with Crippen molar-refractivity contribution in [2.24, 2.45) is 11.3 Å². The monoisotopic (exact) mass is 354 g/mol. The van der Waals surface area contributed by atoms with Crippen LogP contribution in [0.25, 0.3) is 5.69 Å². The maximum atomic E-state index is 4.13. The number of alkyl halides is 1. The first-order valence-electron chi connectivity index (χ1n) is 6.55. The second kappa shape index (κ2) is 6.72. The summed E-state index contributed by atoms with van der Waals surface area (Å²) in [5.41, 5.74) is 1.26. The van der Waals surface area contributed by atoms with Gasteiger partial charge in [0.1, 0.15) is 0 Å². The van der Waals surface area contributed by atoms with Crippen molar-refractivity contribution in [2.45, 2.75) is 25.9 Å². The van der Waals surface area contributed by atoms with Gasteiger partial charge in [0.05, 0.1) is 5.69 Å². The molecule has 0 aliphatic rings. The zero-order valence-electron chi connectivity index (χ0n) is 12.0. The molecular formula is C14H19BrN4S. The zero-order chi connectivity index (χ0) is 14.6. The van der Waals surface area contributed by atoms with E-state index in [2.05, 4.69) is 52.2 Å². The molecule has 0 saturated carbocycles. The second-order valence-corrected chi connectivity index (χ2v) is 7.37. The molecule has 0 aliphatic carbocycles. The lowest BCUT2D eigenvalue weighted by Crippen LogP contribution is -2.24. The molecule has 1 aromatic heterocycles. The quantitative estimate of drug-likeness (QED) is 0.604. The molecule has 4 nitrogen and oxygen atoms in total. The Labute approximate surface area is 132 Å². The molecule has 0 radical (unpaired) electrons. The van der Waals surface area contributed by atoms with Gasteiger partial charge in [-0.1, -0.05) is 66.7 Å². The first-order chi connectivity index (χ1) is 9.52. The molecule has 1 unspecified atom stereocenters. The van der Waals surface area contributed by atoms with Gasteiger partial charge in [-0.2, -0.15) is 4.68 Å². The summed E-state index contributed by atoms with van der Waals surface area (Å²) in [4.78, 5) is 0. The van der Waals surface area contributed by atoms with Gasteiger partial charge in [-0.05, 0) is 33.9 Å². The average molecular weight is 355 g/mol. The molecule has 0 spiro atoms. The predicted octanol–water partition coefficient (Wildman–Crippen LogP) is 3.81. The molecule has 0 fully saturated rings. The Morgan fingerprint density at radius 1 is 1.25 bits per heavy atom. The van der Waals surface area contributed by atoms with E-state index in [1.807, 2.05) is 30.3 Å². The highest BCUT2D eigenvalue weighted by Crippen LogP contribution is 2.32. The molecule has 0 bridgehead atoms. The van der Waals surface area contributed by atoms with Crippen LogP contribution >= 0.6 is 27.7 Å². The van der Waals surface area contributed by atoms with Crippen LogP contribution in [0.5, 0.6) is 0 Å². The number of rotatable bonds is 5. The summed E-state index contributed by atoms with van der Waals surface area (Å²) in [6.07, 6.45) is 0. The summed E-state index contributed by atoms with van der Waals surface area (Å²) in [5, 5.41) is 13.8. The van der Waals surface area contributed by atoms with Gasteiger partial charge in [0.2, 0.25) is 5.16 Å². The minimum Gasteiger partial charge on any atom is -0.188 e. The van der Waals surface area contributed by atoms with Crippen molar-refractivity contribution >= 4 is 27.7 Å². The number of aromatic nitrogens is 4. The van der Waals surface area contributed by atoms with Crippen molar-refractivity contribution in [3.05, 3.63) is 30.3 Å². The molecule has 0 N–H and O–H groups in total. The molecule has 20 heavy (non-hydrogen) atoms. The first-order valence-corrected chi connectivity index (χ1v) is 8.65. The van der Waals surface area contributed by atoms with Crippen LogP contribution in [0.1, 0.15) is 20.8 Å². The molecular weight excluding hydrogens is 336 g/mol. The fourth-order valence-corrected chi connectivity index (χ4v) is 4.53. The lowest BCUT2D eigenvalue weighted by Gasteiger charge is -2.28. The summed E-state index contributed by atoms with van der Waals surface area (Å²) in [6.45, 7) is 6.79. The van der Waals surface area contributed by atoms with Crippen LogP contribution in [-0.2, 0) is 0 Å². The highest BCUT2D eigenvalue weighted by atomic mass is 79.9. The maximum Gasteiger partial charge on any atom is 0.214 e. The Morgan fingerprint density at radius 2 is 1.95 bits per heavy atom. The second-order valence-electron chi connectivity index (χ2n) is 5.74. The van der Waals surface area contributed by atoms with Crippen LogP contribution in [0.3, 0.4) is 0 Å². The molecule has 1 aromatic carbocycles. The molecule has 0 saturated heterocycles. The SMILES string of the molecule is CC(C)(C)C(CBr)CSc1nnnn1-c1ccccc1. The van der Waals surface area contributed by atoms with E-state index >= 15 is 0 Å². The van der Waals surface area contributed by atoms with Crippen molar-refractivity contribution in [1.29, 1.82) is 0 Å². The molecule has 1 atom stereocenters. The third-order valence-corrected chi connectivity index (χ3v) is 5.13. The van der Waals surface area contributed by atoms with Gasteiger partial charge in [-0.15, -0.1) is 5.10 Å². The first kappa shape index (κ1) is 15.5. The van der Waals surface area contributed by atoms with Crippen LogP contribution in [0, 0.1) is 11.3 Å². The molecule has 0 aliphatic heterocycles. The largest absolute Gasteiger partial charge is 0.214 e. The van der Waals surface area contributed by atoms with Crippen LogP contribution < -0.4 is 0 Å². The van der Waals surface area contributed by atoms with E-state index < -0.39 is 0 Å². The van der Waals surface area contributed by atoms with E-state index in [1.165, 1.54) is 0 Å². The molecule has 2 rings (SSSR count). The fourth-order valence-electron chi connectivity index (χ4n) is 1.70. The number of nitrogens with zero attached hydrogens (tertiary/aromatic N) is 4. The van der Waals surface area contributed by atoms with Crippen LogP contribution in [0.15, 0.2) is 35.5 Å². The van der Waals surface area contributed by atoms with Crippen molar-refractivity contribution in [2.75, 3.05) is 11.1 Å². The van der Waals surface area contributed by atoms with Gasteiger partial charge in [-0.3, -0.25) is 0 Å². The number of benzene rings is 1. The smallest absolute Gasteiger partial charge is 0.188 e. The number of para-hydroxylation sites is 1. The number of hydrogen-bond acceptors (Lipinski definition) is 4. The van der Waals surface area contributed by atoms with Gasteiger partial charge >= 0.3 is 0 Å². The van der Waals surface area contributed by atoms with Crippen molar-refractivity contribution in [1.82, 2.24) is 20.2 Å². The molecule has 0 amide bonds. The Hall–Kier alpha value is -0.880. The highest BCUT2D eigenvalue weighted by molar-refractivity contribution is 9.09. The molecule has 108 valence electrons. The Bertz CT molecular complexity index is 536. The maximum absolute atomic E-state index is 4.13. The predicted molar refractivity (Wildman–Crippen MR) is 86.6 cm³/mol. The van der Waals surface area contributed by atoms with E-state index in [0.29, 0.717) is 5.92 Å².